The van der Waals surface area contributed by atoms with E-state index in [0.717, 1.165) is 5.56 Å². The van der Waals surface area contributed by atoms with Crippen molar-refractivity contribution >= 4 is 23.1 Å². The normalized spacial score (nSPS) is 17.5. The molecule has 0 aliphatic carbocycles. The summed E-state index contributed by atoms with van der Waals surface area (Å²) in [6, 6.07) is 11.5. The van der Waals surface area contributed by atoms with Crippen molar-refractivity contribution < 1.29 is 23.8 Å². The van der Waals surface area contributed by atoms with Gasteiger partial charge in [-0.05, 0) is 65.9 Å². The minimum atomic E-state index is -0.973. The third-order valence-corrected chi connectivity index (χ3v) is 5.98. The number of aromatic nitrogens is 1. The molecule has 6 nitrogen and oxygen atoms in total. The molecule has 34 heavy (non-hydrogen) atoms. The van der Waals surface area contributed by atoms with E-state index in [-0.39, 0.29) is 22.9 Å². The number of benzene rings is 2. The second kappa shape index (κ2) is 9.09. The SMILES string of the molecule is COc1cc(C)c(/C(O)=C2\C(=O)C(=O)N(c3cccc(F)c3)C2c2cccnc2)cc1C(C)C. The molecular formula is C27H25FN2O4. The fraction of sp³-hybridized carbons (Fsp3) is 0.222. The van der Waals surface area contributed by atoms with E-state index in [0.29, 0.717) is 22.4 Å². The zero-order valence-corrected chi connectivity index (χ0v) is 19.4. The number of anilines is 1. The number of amides is 1. The predicted molar refractivity (Wildman–Crippen MR) is 127 cm³/mol. The van der Waals surface area contributed by atoms with Crippen molar-refractivity contribution in [1.82, 2.24) is 4.98 Å². The fourth-order valence-corrected chi connectivity index (χ4v) is 4.30. The van der Waals surface area contributed by atoms with Gasteiger partial charge < -0.3 is 9.84 Å². The monoisotopic (exact) mass is 460 g/mol. The number of pyridine rings is 1. The van der Waals surface area contributed by atoms with Gasteiger partial charge in [0, 0.05) is 23.6 Å². The summed E-state index contributed by atoms with van der Waals surface area (Å²) in [6.45, 7) is 5.79. The lowest BCUT2D eigenvalue weighted by Crippen LogP contribution is -2.29. The summed E-state index contributed by atoms with van der Waals surface area (Å²) in [5.41, 5.74) is 2.61. The molecule has 2 heterocycles. The number of carbonyl (C=O) groups excluding carboxylic acids is 2. The lowest BCUT2D eigenvalue weighted by atomic mass is 9.91. The number of aryl methyl sites for hydroxylation is 1. The van der Waals surface area contributed by atoms with Gasteiger partial charge in [-0.15, -0.1) is 0 Å². The summed E-state index contributed by atoms with van der Waals surface area (Å²) in [6.07, 6.45) is 3.09. The highest BCUT2D eigenvalue weighted by Gasteiger charge is 2.47. The van der Waals surface area contributed by atoms with Crippen LogP contribution >= 0.6 is 0 Å². The van der Waals surface area contributed by atoms with Crippen LogP contribution in [0.3, 0.4) is 0 Å². The van der Waals surface area contributed by atoms with Crippen molar-refractivity contribution in [3.8, 4) is 5.75 Å². The van der Waals surface area contributed by atoms with Crippen LogP contribution in [0.5, 0.6) is 5.75 Å². The Morgan fingerprint density at radius 3 is 2.53 bits per heavy atom. The molecule has 1 unspecified atom stereocenters. The molecule has 174 valence electrons. The molecule has 1 atom stereocenters. The molecule has 0 bridgehead atoms. The summed E-state index contributed by atoms with van der Waals surface area (Å²) in [5.74, 6) is -1.78. The third-order valence-electron chi connectivity index (χ3n) is 5.98. The molecule has 3 aromatic rings. The first kappa shape index (κ1) is 23.2. The average molecular weight is 461 g/mol. The van der Waals surface area contributed by atoms with Crippen LogP contribution in [0, 0.1) is 12.7 Å². The van der Waals surface area contributed by atoms with Crippen molar-refractivity contribution in [2.75, 3.05) is 12.0 Å². The van der Waals surface area contributed by atoms with E-state index >= 15 is 0 Å². The quantitative estimate of drug-likeness (QED) is 0.318. The molecule has 1 N–H and O–H groups in total. The molecule has 1 aromatic heterocycles. The van der Waals surface area contributed by atoms with Crippen molar-refractivity contribution in [2.24, 2.45) is 0 Å². The van der Waals surface area contributed by atoms with Gasteiger partial charge in [0.25, 0.3) is 11.7 Å². The Labute approximate surface area is 197 Å². The van der Waals surface area contributed by atoms with E-state index in [9.17, 15) is 19.1 Å². The summed E-state index contributed by atoms with van der Waals surface area (Å²) in [4.78, 5) is 31.8. The van der Waals surface area contributed by atoms with E-state index in [1.165, 1.54) is 29.3 Å². The second-order valence-electron chi connectivity index (χ2n) is 8.50. The molecule has 1 fully saturated rings. The summed E-state index contributed by atoms with van der Waals surface area (Å²) in [7, 11) is 1.58. The Morgan fingerprint density at radius 2 is 1.91 bits per heavy atom. The van der Waals surface area contributed by atoms with Crippen LogP contribution in [0.1, 0.15) is 48.1 Å². The zero-order chi connectivity index (χ0) is 24.6. The highest BCUT2D eigenvalue weighted by Crippen LogP contribution is 2.43. The summed E-state index contributed by atoms with van der Waals surface area (Å²) in [5, 5.41) is 11.5. The Hall–Kier alpha value is -4.00. The summed E-state index contributed by atoms with van der Waals surface area (Å²) >= 11 is 0. The smallest absolute Gasteiger partial charge is 0.300 e. The number of ketones is 1. The topological polar surface area (TPSA) is 79.7 Å². The number of ether oxygens (including phenoxy) is 1. The Balaban J connectivity index is 1.98. The van der Waals surface area contributed by atoms with E-state index in [1.807, 2.05) is 13.8 Å². The predicted octanol–water partition coefficient (Wildman–Crippen LogP) is 5.29. The lowest BCUT2D eigenvalue weighted by Gasteiger charge is -2.25. The Bertz CT molecular complexity index is 1300. The molecule has 1 amide bonds. The molecule has 0 radical (unpaired) electrons. The third kappa shape index (κ3) is 3.94. The summed E-state index contributed by atoms with van der Waals surface area (Å²) < 4.78 is 19.5. The first-order chi connectivity index (χ1) is 16.2. The van der Waals surface area contributed by atoms with Gasteiger partial charge in [-0.2, -0.15) is 0 Å². The largest absolute Gasteiger partial charge is 0.507 e. The molecule has 4 rings (SSSR count). The molecule has 1 aliphatic rings. The van der Waals surface area contributed by atoms with Gasteiger partial charge >= 0.3 is 0 Å². The molecule has 7 heteroatoms. The maximum atomic E-state index is 14.0. The molecule has 2 aromatic carbocycles. The minimum absolute atomic E-state index is 0.0785. The van der Waals surface area contributed by atoms with Crippen LogP contribution in [0.2, 0.25) is 0 Å². The standard InChI is InChI=1S/C27H25FN2O4/c1-15(2)20-13-21(16(3)11-22(20)34-4)25(31)23-24(17-7-6-10-29-14-17)30(27(33)26(23)32)19-9-5-8-18(28)12-19/h5-15,24,31H,1-4H3/b25-23+. The number of methoxy groups -OCH3 is 1. The first-order valence-electron chi connectivity index (χ1n) is 10.9. The first-order valence-corrected chi connectivity index (χ1v) is 10.9. The van der Waals surface area contributed by atoms with E-state index in [2.05, 4.69) is 4.98 Å². The van der Waals surface area contributed by atoms with Crippen molar-refractivity contribution in [3.63, 3.8) is 0 Å². The number of halogens is 1. The van der Waals surface area contributed by atoms with E-state index in [4.69, 9.17) is 4.74 Å². The molecular weight excluding hydrogens is 435 g/mol. The van der Waals surface area contributed by atoms with Crippen LogP contribution in [0.4, 0.5) is 10.1 Å². The Morgan fingerprint density at radius 1 is 1.15 bits per heavy atom. The number of aliphatic hydroxyl groups excluding tert-OH is 1. The van der Waals surface area contributed by atoms with E-state index in [1.54, 1.807) is 50.6 Å². The van der Waals surface area contributed by atoms with Crippen molar-refractivity contribution in [2.45, 2.75) is 32.7 Å². The van der Waals surface area contributed by atoms with Gasteiger partial charge in [-0.1, -0.05) is 26.0 Å². The van der Waals surface area contributed by atoms with Gasteiger partial charge in [0.1, 0.15) is 17.3 Å². The molecule has 0 saturated carbocycles. The molecule has 1 saturated heterocycles. The number of aliphatic hydroxyl groups is 1. The molecule has 1 aliphatic heterocycles. The van der Waals surface area contributed by atoms with Crippen LogP contribution in [0.25, 0.3) is 5.76 Å². The fourth-order valence-electron chi connectivity index (χ4n) is 4.30. The van der Waals surface area contributed by atoms with Crippen LogP contribution in [-0.4, -0.2) is 28.9 Å². The highest BCUT2D eigenvalue weighted by atomic mass is 19.1. The van der Waals surface area contributed by atoms with Crippen molar-refractivity contribution in [1.29, 1.82) is 0 Å². The van der Waals surface area contributed by atoms with Gasteiger partial charge in [0.05, 0.1) is 18.7 Å². The Kier molecular flexibility index (Phi) is 6.20. The maximum Gasteiger partial charge on any atom is 0.300 e. The van der Waals surface area contributed by atoms with Gasteiger partial charge in [-0.3, -0.25) is 19.5 Å². The number of nitrogens with zero attached hydrogens (tertiary/aromatic N) is 2. The maximum absolute atomic E-state index is 14.0. The minimum Gasteiger partial charge on any atom is -0.507 e. The second-order valence-corrected chi connectivity index (χ2v) is 8.50. The van der Waals surface area contributed by atoms with E-state index < -0.39 is 23.5 Å². The highest BCUT2D eigenvalue weighted by molar-refractivity contribution is 6.51. The van der Waals surface area contributed by atoms with Gasteiger partial charge in [0.15, 0.2) is 0 Å². The number of rotatable bonds is 5. The number of Topliss-reactive ketones (excluding diaryl/α,β-unsaturated/α-hetero) is 1. The zero-order valence-electron chi connectivity index (χ0n) is 19.4. The average Bonchev–Trinajstić information content (AvgIpc) is 3.09. The van der Waals surface area contributed by atoms with Crippen LogP contribution < -0.4 is 9.64 Å². The van der Waals surface area contributed by atoms with Gasteiger partial charge in [-0.25, -0.2) is 4.39 Å². The van der Waals surface area contributed by atoms with Crippen molar-refractivity contribution in [3.05, 3.63) is 94.6 Å². The van der Waals surface area contributed by atoms with Crippen LogP contribution in [-0.2, 0) is 9.59 Å². The number of hydrogen-bond donors (Lipinski definition) is 1. The molecule has 0 spiro atoms. The number of carbonyl (C=O) groups is 2. The lowest BCUT2D eigenvalue weighted by molar-refractivity contribution is -0.132. The number of hydrogen-bond acceptors (Lipinski definition) is 5. The van der Waals surface area contributed by atoms with Crippen LogP contribution in [0.15, 0.2) is 66.5 Å². The van der Waals surface area contributed by atoms with Gasteiger partial charge in [0.2, 0.25) is 0 Å².